The SMILES string of the molecule is COc1ccc2c(c1)c1c(n2C)CN(C(=O)OC(C)(C)C)CC1. The first-order valence-electron chi connectivity index (χ1n) is 7.92. The zero-order valence-electron chi connectivity index (χ0n) is 14.5. The van der Waals surface area contributed by atoms with Crippen LogP contribution in [0.15, 0.2) is 18.2 Å². The van der Waals surface area contributed by atoms with Crippen LogP contribution in [0.4, 0.5) is 4.79 Å². The van der Waals surface area contributed by atoms with E-state index in [0.29, 0.717) is 13.1 Å². The van der Waals surface area contributed by atoms with Crippen molar-refractivity contribution in [3.63, 3.8) is 0 Å². The fourth-order valence-electron chi connectivity index (χ4n) is 3.15. The highest BCUT2D eigenvalue weighted by molar-refractivity contribution is 5.87. The van der Waals surface area contributed by atoms with Crippen LogP contribution in [0.25, 0.3) is 10.9 Å². The van der Waals surface area contributed by atoms with Crippen LogP contribution in [-0.4, -0.2) is 34.8 Å². The van der Waals surface area contributed by atoms with E-state index in [1.807, 2.05) is 33.9 Å². The van der Waals surface area contributed by atoms with Gasteiger partial charge in [0, 0.05) is 30.2 Å². The van der Waals surface area contributed by atoms with E-state index in [1.165, 1.54) is 22.2 Å². The van der Waals surface area contributed by atoms with Crippen LogP contribution in [-0.2, 0) is 24.8 Å². The summed E-state index contributed by atoms with van der Waals surface area (Å²) in [6.45, 7) is 6.94. The summed E-state index contributed by atoms with van der Waals surface area (Å²) in [5.74, 6) is 0.862. The predicted molar refractivity (Wildman–Crippen MR) is 89.8 cm³/mol. The Kier molecular flexibility index (Phi) is 3.74. The zero-order valence-corrected chi connectivity index (χ0v) is 14.5. The average Bonchev–Trinajstić information content (AvgIpc) is 2.78. The molecule has 124 valence electrons. The maximum Gasteiger partial charge on any atom is 0.410 e. The number of rotatable bonds is 1. The van der Waals surface area contributed by atoms with Crippen LogP contribution >= 0.6 is 0 Å². The van der Waals surface area contributed by atoms with Crippen molar-refractivity contribution in [1.29, 1.82) is 0 Å². The van der Waals surface area contributed by atoms with E-state index in [4.69, 9.17) is 9.47 Å². The summed E-state index contributed by atoms with van der Waals surface area (Å²) in [5, 5.41) is 1.21. The Labute approximate surface area is 136 Å². The van der Waals surface area contributed by atoms with E-state index >= 15 is 0 Å². The molecule has 3 rings (SSSR count). The third-order valence-electron chi connectivity index (χ3n) is 4.27. The number of amides is 1. The maximum atomic E-state index is 12.3. The number of carbonyl (C=O) groups excluding carboxylic acids is 1. The molecule has 0 spiro atoms. The Hall–Kier alpha value is -2.17. The monoisotopic (exact) mass is 316 g/mol. The number of aromatic nitrogens is 1. The highest BCUT2D eigenvalue weighted by Gasteiger charge is 2.28. The number of benzene rings is 1. The maximum absolute atomic E-state index is 12.3. The minimum atomic E-state index is -0.469. The molecule has 0 unspecified atom stereocenters. The molecule has 1 aromatic carbocycles. The van der Waals surface area contributed by atoms with Crippen LogP contribution in [0.2, 0.25) is 0 Å². The van der Waals surface area contributed by atoms with Gasteiger partial charge in [-0.2, -0.15) is 0 Å². The summed E-state index contributed by atoms with van der Waals surface area (Å²) in [6.07, 6.45) is 0.588. The molecule has 0 saturated heterocycles. The Morgan fingerprint density at radius 2 is 2.00 bits per heavy atom. The molecule has 0 bridgehead atoms. The molecule has 1 aliphatic rings. The minimum Gasteiger partial charge on any atom is -0.497 e. The van der Waals surface area contributed by atoms with E-state index in [0.717, 1.165) is 12.2 Å². The molecule has 0 N–H and O–H groups in total. The Bertz CT molecular complexity index is 756. The molecule has 2 heterocycles. The van der Waals surface area contributed by atoms with Gasteiger partial charge in [0.2, 0.25) is 0 Å². The number of nitrogens with zero attached hydrogens (tertiary/aromatic N) is 2. The number of methoxy groups -OCH3 is 1. The second kappa shape index (κ2) is 5.48. The van der Waals surface area contributed by atoms with Crippen LogP contribution < -0.4 is 4.74 Å². The molecular weight excluding hydrogens is 292 g/mol. The van der Waals surface area contributed by atoms with Crippen LogP contribution in [0.3, 0.4) is 0 Å². The highest BCUT2D eigenvalue weighted by Crippen LogP contribution is 2.32. The van der Waals surface area contributed by atoms with E-state index in [-0.39, 0.29) is 6.09 Å². The molecule has 5 nitrogen and oxygen atoms in total. The Balaban J connectivity index is 1.93. The smallest absolute Gasteiger partial charge is 0.410 e. The summed E-state index contributed by atoms with van der Waals surface area (Å²) in [4.78, 5) is 14.1. The van der Waals surface area contributed by atoms with Gasteiger partial charge in [0.05, 0.1) is 13.7 Å². The fraction of sp³-hybridized carbons (Fsp3) is 0.500. The van der Waals surface area contributed by atoms with Gasteiger partial charge in [-0.3, -0.25) is 0 Å². The lowest BCUT2D eigenvalue weighted by atomic mass is 10.0. The van der Waals surface area contributed by atoms with Gasteiger partial charge in [0.15, 0.2) is 0 Å². The molecule has 0 radical (unpaired) electrons. The topological polar surface area (TPSA) is 43.7 Å². The quantitative estimate of drug-likeness (QED) is 0.809. The molecule has 2 aromatic rings. The van der Waals surface area contributed by atoms with Gasteiger partial charge < -0.3 is 18.9 Å². The Morgan fingerprint density at radius 3 is 2.65 bits per heavy atom. The predicted octanol–water partition coefficient (Wildman–Crippen LogP) is 3.48. The van der Waals surface area contributed by atoms with Crippen molar-refractivity contribution < 1.29 is 14.3 Å². The molecule has 0 atom stereocenters. The first-order chi connectivity index (χ1) is 10.8. The lowest BCUT2D eigenvalue weighted by molar-refractivity contribution is 0.0220. The molecule has 1 amide bonds. The lowest BCUT2D eigenvalue weighted by Crippen LogP contribution is -2.40. The van der Waals surface area contributed by atoms with Gasteiger partial charge in [-0.15, -0.1) is 0 Å². The number of fused-ring (bicyclic) bond motifs is 3. The van der Waals surface area contributed by atoms with Crippen molar-refractivity contribution in [3.8, 4) is 5.75 Å². The van der Waals surface area contributed by atoms with Gasteiger partial charge >= 0.3 is 6.09 Å². The van der Waals surface area contributed by atoms with Crippen molar-refractivity contribution >= 4 is 17.0 Å². The van der Waals surface area contributed by atoms with Crippen LogP contribution in [0.5, 0.6) is 5.75 Å². The first kappa shape index (κ1) is 15.7. The van der Waals surface area contributed by atoms with E-state index in [1.54, 1.807) is 12.0 Å². The lowest BCUT2D eigenvalue weighted by Gasteiger charge is -2.30. The van der Waals surface area contributed by atoms with E-state index in [2.05, 4.69) is 16.7 Å². The molecule has 0 aliphatic carbocycles. The number of hydrogen-bond donors (Lipinski definition) is 0. The van der Waals surface area contributed by atoms with Crippen molar-refractivity contribution in [2.45, 2.75) is 39.3 Å². The Morgan fingerprint density at radius 1 is 1.26 bits per heavy atom. The average molecular weight is 316 g/mol. The molecular formula is C18H24N2O3. The second-order valence-electron chi connectivity index (χ2n) is 7.02. The zero-order chi connectivity index (χ0) is 16.8. The van der Waals surface area contributed by atoms with Crippen LogP contribution in [0, 0.1) is 0 Å². The summed E-state index contributed by atoms with van der Waals surface area (Å²) in [5.41, 5.74) is 3.18. The second-order valence-corrected chi connectivity index (χ2v) is 7.02. The number of hydrogen-bond acceptors (Lipinski definition) is 3. The largest absolute Gasteiger partial charge is 0.497 e. The summed E-state index contributed by atoms with van der Waals surface area (Å²) in [7, 11) is 3.73. The molecule has 5 heteroatoms. The third-order valence-corrected chi connectivity index (χ3v) is 4.27. The van der Waals surface area contributed by atoms with Crippen molar-refractivity contribution in [2.24, 2.45) is 7.05 Å². The van der Waals surface area contributed by atoms with Crippen molar-refractivity contribution in [2.75, 3.05) is 13.7 Å². The third kappa shape index (κ3) is 2.87. The normalized spacial score (nSPS) is 14.7. The van der Waals surface area contributed by atoms with Gasteiger partial charge in [0.25, 0.3) is 0 Å². The van der Waals surface area contributed by atoms with Gasteiger partial charge in [-0.1, -0.05) is 0 Å². The molecule has 1 aliphatic heterocycles. The van der Waals surface area contributed by atoms with Crippen molar-refractivity contribution in [3.05, 3.63) is 29.5 Å². The molecule has 23 heavy (non-hydrogen) atoms. The minimum absolute atomic E-state index is 0.244. The molecule has 1 aromatic heterocycles. The fourth-order valence-corrected chi connectivity index (χ4v) is 3.15. The number of aryl methyl sites for hydroxylation is 1. The van der Waals surface area contributed by atoms with Gasteiger partial charge in [-0.05, 0) is 51.0 Å². The summed E-state index contributed by atoms with van der Waals surface area (Å²) in [6, 6.07) is 6.13. The highest BCUT2D eigenvalue weighted by atomic mass is 16.6. The van der Waals surface area contributed by atoms with Crippen LogP contribution in [0.1, 0.15) is 32.0 Å². The first-order valence-corrected chi connectivity index (χ1v) is 7.92. The summed E-state index contributed by atoms with van der Waals surface area (Å²) < 4.78 is 13.0. The van der Waals surface area contributed by atoms with E-state index < -0.39 is 5.60 Å². The van der Waals surface area contributed by atoms with E-state index in [9.17, 15) is 4.79 Å². The standard InChI is InChI=1S/C18H24N2O3/c1-18(2,3)23-17(21)20-9-8-13-14-10-12(22-5)6-7-15(14)19(4)16(13)11-20/h6-7,10H,8-9,11H2,1-5H3. The molecule has 0 saturated carbocycles. The molecule has 0 fully saturated rings. The van der Waals surface area contributed by atoms with Gasteiger partial charge in [0.1, 0.15) is 11.4 Å². The van der Waals surface area contributed by atoms with Crippen molar-refractivity contribution in [1.82, 2.24) is 9.47 Å². The van der Waals surface area contributed by atoms with Gasteiger partial charge in [-0.25, -0.2) is 4.79 Å². The number of carbonyl (C=O) groups is 1. The summed E-state index contributed by atoms with van der Waals surface area (Å²) >= 11 is 0. The number of ether oxygens (including phenoxy) is 2.